The van der Waals surface area contributed by atoms with Crippen molar-refractivity contribution in [3.63, 3.8) is 0 Å². The van der Waals surface area contributed by atoms with Crippen molar-refractivity contribution in [2.75, 3.05) is 0 Å². The molecule has 0 radical (unpaired) electrons. The molecule has 0 aliphatic heterocycles. The smallest absolute Gasteiger partial charge is 0.268 e. The van der Waals surface area contributed by atoms with Crippen molar-refractivity contribution >= 4 is 28.7 Å². The van der Waals surface area contributed by atoms with E-state index in [1.54, 1.807) is 37.3 Å². The highest BCUT2D eigenvalue weighted by Gasteiger charge is 2.16. The van der Waals surface area contributed by atoms with Crippen LogP contribution >= 0.6 is 0 Å². The lowest BCUT2D eigenvalue weighted by Gasteiger charge is -2.10. The van der Waals surface area contributed by atoms with Crippen molar-refractivity contribution in [1.82, 2.24) is 20.6 Å². The second kappa shape index (κ2) is 9.74. The Kier molecular flexibility index (Phi) is 6.40. The number of hydrazine groups is 1. The first-order chi connectivity index (χ1) is 16.1. The Morgan fingerprint density at radius 2 is 1.58 bits per heavy atom. The maximum Gasteiger partial charge on any atom is 0.290 e. The number of benzene rings is 3. The lowest BCUT2D eigenvalue weighted by Crippen LogP contribution is -2.42. The van der Waals surface area contributed by atoms with E-state index in [1.165, 1.54) is 10.8 Å². The maximum atomic E-state index is 12.7. The van der Waals surface area contributed by atoms with E-state index in [0.717, 1.165) is 16.7 Å². The number of fused-ring (bicyclic) bond motifs is 1. The van der Waals surface area contributed by atoms with Gasteiger partial charge in [0.25, 0.3) is 17.4 Å². The normalized spacial score (nSPS) is 10.9. The lowest BCUT2D eigenvalue weighted by atomic mass is 10.0. The molecule has 0 unspecified atom stereocenters. The van der Waals surface area contributed by atoms with E-state index in [2.05, 4.69) is 16.0 Å². The van der Waals surface area contributed by atoms with Crippen molar-refractivity contribution in [1.29, 1.82) is 0 Å². The van der Waals surface area contributed by atoms with Crippen LogP contribution in [0.1, 0.15) is 23.0 Å². The van der Waals surface area contributed by atoms with Crippen LogP contribution in [0.15, 0.2) is 89.7 Å². The van der Waals surface area contributed by atoms with Crippen LogP contribution < -0.4 is 16.4 Å². The minimum absolute atomic E-state index is 0.0619. The van der Waals surface area contributed by atoms with Crippen LogP contribution in [-0.4, -0.2) is 21.6 Å². The number of nitrogens with one attached hydrogen (secondary N) is 2. The predicted molar refractivity (Wildman–Crippen MR) is 128 cm³/mol. The molecule has 0 fully saturated rings. The molecule has 1 aromatic heterocycles. The second-order valence-corrected chi connectivity index (χ2v) is 7.28. The van der Waals surface area contributed by atoms with E-state index in [0.29, 0.717) is 17.3 Å². The number of hydrogen-bond donors (Lipinski definition) is 2. The standard InChI is InChI=1S/C26H22N4O3/c1-2-30-26(33)22-14-7-6-13-21(22)24(29-30)25(32)28-27-23(31)16-15-18-9-8-12-20(17-18)19-10-4-3-5-11-19/h3-17H,2H2,1H3,(H,27,31)(H,28,32)/b16-15+. The van der Waals surface area contributed by atoms with Crippen LogP contribution in [0.4, 0.5) is 0 Å². The van der Waals surface area contributed by atoms with Gasteiger partial charge in [-0.25, -0.2) is 4.68 Å². The van der Waals surface area contributed by atoms with Gasteiger partial charge in [-0.15, -0.1) is 0 Å². The zero-order chi connectivity index (χ0) is 23.2. The Hall–Kier alpha value is -4.52. The number of hydrogen-bond acceptors (Lipinski definition) is 4. The van der Waals surface area contributed by atoms with E-state index < -0.39 is 11.8 Å². The van der Waals surface area contributed by atoms with Crippen LogP contribution in [0.2, 0.25) is 0 Å². The monoisotopic (exact) mass is 438 g/mol. The summed E-state index contributed by atoms with van der Waals surface area (Å²) in [5, 5.41) is 4.97. The lowest BCUT2D eigenvalue weighted by molar-refractivity contribution is -0.117. The molecule has 164 valence electrons. The first-order valence-electron chi connectivity index (χ1n) is 10.5. The van der Waals surface area contributed by atoms with Crippen LogP contribution in [0, 0.1) is 0 Å². The Morgan fingerprint density at radius 1 is 0.879 bits per heavy atom. The highest BCUT2D eigenvalue weighted by molar-refractivity contribution is 6.05. The number of amides is 2. The van der Waals surface area contributed by atoms with Crippen molar-refractivity contribution < 1.29 is 9.59 Å². The summed E-state index contributed by atoms with van der Waals surface area (Å²) in [6.07, 6.45) is 3.00. The molecular weight excluding hydrogens is 416 g/mol. The Bertz CT molecular complexity index is 1410. The third-order valence-electron chi connectivity index (χ3n) is 5.10. The summed E-state index contributed by atoms with van der Waals surface area (Å²) >= 11 is 0. The molecule has 0 aliphatic rings. The van der Waals surface area contributed by atoms with Crippen molar-refractivity contribution in [3.8, 4) is 11.1 Å². The van der Waals surface area contributed by atoms with Gasteiger partial charge in [0, 0.05) is 18.0 Å². The van der Waals surface area contributed by atoms with Gasteiger partial charge < -0.3 is 0 Å². The van der Waals surface area contributed by atoms with Gasteiger partial charge in [-0.2, -0.15) is 5.10 Å². The summed E-state index contributed by atoms with van der Waals surface area (Å²) in [6, 6.07) is 24.5. The molecule has 3 aromatic carbocycles. The Labute approximate surface area is 190 Å². The number of rotatable bonds is 5. The molecule has 0 bridgehead atoms. The van der Waals surface area contributed by atoms with Gasteiger partial charge in [-0.3, -0.25) is 25.2 Å². The molecule has 0 aliphatic carbocycles. The summed E-state index contributed by atoms with van der Waals surface area (Å²) in [7, 11) is 0. The highest BCUT2D eigenvalue weighted by atomic mass is 16.2. The topological polar surface area (TPSA) is 93.1 Å². The molecular formula is C26H22N4O3. The fourth-order valence-corrected chi connectivity index (χ4v) is 3.46. The average molecular weight is 438 g/mol. The van der Waals surface area contributed by atoms with Gasteiger partial charge in [0.2, 0.25) is 0 Å². The van der Waals surface area contributed by atoms with Crippen LogP contribution in [-0.2, 0) is 11.3 Å². The number of aryl methyl sites for hydroxylation is 1. The Morgan fingerprint density at radius 3 is 2.33 bits per heavy atom. The molecule has 1 heterocycles. The molecule has 2 amide bonds. The van der Waals surface area contributed by atoms with E-state index in [-0.39, 0.29) is 11.3 Å². The zero-order valence-corrected chi connectivity index (χ0v) is 18.0. The van der Waals surface area contributed by atoms with Crippen molar-refractivity contribution in [2.45, 2.75) is 13.5 Å². The summed E-state index contributed by atoms with van der Waals surface area (Å²) < 4.78 is 1.22. The largest absolute Gasteiger partial charge is 0.290 e. The average Bonchev–Trinajstić information content (AvgIpc) is 2.87. The number of aromatic nitrogens is 2. The molecule has 33 heavy (non-hydrogen) atoms. The number of carbonyl (C=O) groups excluding carboxylic acids is 2. The molecule has 0 spiro atoms. The van der Waals surface area contributed by atoms with Crippen LogP contribution in [0.3, 0.4) is 0 Å². The number of carbonyl (C=O) groups is 2. The molecule has 2 N–H and O–H groups in total. The Balaban J connectivity index is 1.46. The predicted octanol–water partition coefficient (Wildman–Crippen LogP) is 3.56. The van der Waals surface area contributed by atoms with E-state index >= 15 is 0 Å². The van der Waals surface area contributed by atoms with Crippen LogP contribution in [0.5, 0.6) is 0 Å². The van der Waals surface area contributed by atoms with Crippen LogP contribution in [0.25, 0.3) is 28.0 Å². The highest BCUT2D eigenvalue weighted by Crippen LogP contribution is 2.20. The molecule has 0 saturated carbocycles. The second-order valence-electron chi connectivity index (χ2n) is 7.28. The van der Waals surface area contributed by atoms with E-state index in [9.17, 15) is 14.4 Å². The molecule has 7 heteroatoms. The van der Waals surface area contributed by atoms with Gasteiger partial charge >= 0.3 is 0 Å². The van der Waals surface area contributed by atoms with Gasteiger partial charge in [-0.1, -0.05) is 66.7 Å². The van der Waals surface area contributed by atoms with E-state index in [1.807, 2.05) is 54.6 Å². The molecule has 7 nitrogen and oxygen atoms in total. The molecule has 4 rings (SSSR count). The summed E-state index contributed by atoms with van der Waals surface area (Å²) in [6.45, 7) is 2.09. The van der Waals surface area contributed by atoms with Gasteiger partial charge in [0.15, 0.2) is 5.69 Å². The minimum atomic E-state index is -0.610. The summed E-state index contributed by atoms with van der Waals surface area (Å²) in [4.78, 5) is 37.4. The summed E-state index contributed by atoms with van der Waals surface area (Å²) in [5.74, 6) is -1.11. The fraction of sp³-hybridized carbons (Fsp3) is 0.0769. The van der Waals surface area contributed by atoms with Crippen molar-refractivity contribution in [2.24, 2.45) is 0 Å². The van der Waals surface area contributed by atoms with Crippen molar-refractivity contribution in [3.05, 3.63) is 107 Å². The quantitative estimate of drug-likeness (QED) is 0.368. The minimum Gasteiger partial charge on any atom is -0.268 e. The number of nitrogens with zero attached hydrogens (tertiary/aromatic N) is 2. The first kappa shape index (κ1) is 21.7. The van der Waals surface area contributed by atoms with Gasteiger partial charge in [-0.05, 0) is 41.8 Å². The summed E-state index contributed by atoms with van der Waals surface area (Å²) in [5.41, 5.74) is 7.49. The van der Waals surface area contributed by atoms with E-state index in [4.69, 9.17) is 0 Å². The van der Waals surface area contributed by atoms with Gasteiger partial charge in [0.1, 0.15) is 0 Å². The maximum absolute atomic E-state index is 12.7. The fourth-order valence-electron chi connectivity index (χ4n) is 3.46. The molecule has 0 atom stereocenters. The SMILES string of the molecule is CCn1nc(C(=O)NNC(=O)/C=C/c2cccc(-c3ccccc3)c2)c2ccccc2c1=O. The first-order valence-corrected chi connectivity index (χ1v) is 10.5. The molecule has 0 saturated heterocycles. The molecule has 4 aromatic rings. The third kappa shape index (κ3) is 4.88. The van der Waals surface area contributed by atoms with Gasteiger partial charge in [0.05, 0.1) is 5.39 Å². The third-order valence-corrected chi connectivity index (χ3v) is 5.10. The zero-order valence-electron chi connectivity index (χ0n) is 18.0.